The summed E-state index contributed by atoms with van der Waals surface area (Å²) in [5, 5.41) is 9.21. The van der Waals surface area contributed by atoms with Gasteiger partial charge in [-0.25, -0.2) is 0 Å². The summed E-state index contributed by atoms with van der Waals surface area (Å²) in [7, 11) is 2.24. The Hall–Kier alpha value is -1.64. The van der Waals surface area contributed by atoms with Crippen molar-refractivity contribution in [1.82, 2.24) is 20.4 Å². The van der Waals surface area contributed by atoms with Crippen LogP contribution >= 0.6 is 11.3 Å². The Labute approximate surface area is 178 Å². The number of guanidine groups is 1. The highest BCUT2D eigenvalue weighted by molar-refractivity contribution is 7.10. The van der Waals surface area contributed by atoms with E-state index in [1.807, 2.05) is 11.3 Å². The highest BCUT2D eigenvalue weighted by Crippen LogP contribution is 2.37. The first-order chi connectivity index (χ1) is 14.1. The number of primary amides is 1. The molecule has 0 bridgehead atoms. The van der Waals surface area contributed by atoms with E-state index >= 15 is 0 Å². The number of hydrogen-bond acceptors (Lipinski definition) is 5. The third-order valence-corrected chi connectivity index (χ3v) is 6.92. The summed E-state index contributed by atoms with van der Waals surface area (Å²) >= 11 is 1.86. The van der Waals surface area contributed by atoms with E-state index in [1.54, 1.807) is 0 Å². The van der Waals surface area contributed by atoms with E-state index < -0.39 is 0 Å². The third kappa shape index (κ3) is 6.42. The smallest absolute Gasteiger partial charge is 0.231 e. The van der Waals surface area contributed by atoms with Gasteiger partial charge < -0.3 is 16.4 Å². The van der Waals surface area contributed by atoms with Crippen LogP contribution in [-0.2, 0) is 4.79 Å². The fourth-order valence-corrected chi connectivity index (χ4v) is 5.52. The van der Waals surface area contributed by atoms with E-state index in [2.05, 4.69) is 51.9 Å². The number of carbonyl (C=O) groups excluding carboxylic acids is 1. The molecule has 4 N–H and O–H groups in total. The Kier molecular flexibility index (Phi) is 8.32. The molecule has 1 aromatic rings. The molecule has 1 amide bonds. The molecule has 0 aliphatic carbocycles. The number of amides is 1. The lowest BCUT2D eigenvalue weighted by atomic mass is 9.88. The van der Waals surface area contributed by atoms with Gasteiger partial charge in [0.2, 0.25) is 5.91 Å². The molecule has 2 atom stereocenters. The number of thiophene rings is 1. The number of nitrogens with one attached hydrogen (secondary N) is 2. The number of piperidine rings is 2. The van der Waals surface area contributed by atoms with Crippen LogP contribution < -0.4 is 16.4 Å². The van der Waals surface area contributed by atoms with Gasteiger partial charge in [0, 0.05) is 43.1 Å². The number of likely N-dealkylation sites (tertiary alicyclic amines) is 2. The fraction of sp³-hybridized carbons (Fsp3) is 0.714. The van der Waals surface area contributed by atoms with Crippen molar-refractivity contribution in [3.8, 4) is 0 Å². The van der Waals surface area contributed by atoms with E-state index in [1.165, 1.54) is 17.7 Å². The van der Waals surface area contributed by atoms with Gasteiger partial charge in [0.25, 0.3) is 0 Å². The SMILES string of the molecule is CCNC(=NCC1CCCN(C)C1c1cccs1)NC1CCN(CC(N)=O)CC1. The van der Waals surface area contributed by atoms with Crippen molar-refractivity contribution in [2.45, 2.75) is 44.7 Å². The van der Waals surface area contributed by atoms with Crippen LogP contribution in [0.1, 0.15) is 43.5 Å². The standard InChI is InChI=1S/C21H36N6OS/c1-3-23-21(25-17-8-11-27(12-9-17)15-19(22)28)24-14-16-6-4-10-26(2)20(16)18-7-5-13-29-18/h5,7,13,16-17,20H,3-4,6,8-12,14-15H2,1-2H3,(H2,22,28)(H2,23,24,25). The topological polar surface area (TPSA) is 86.0 Å². The van der Waals surface area contributed by atoms with Crippen LogP contribution in [0.5, 0.6) is 0 Å². The molecule has 2 fully saturated rings. The lowest BCUT2D eigenvalue weighted by Gasteiger charge is -2.38. The zero-order valence-corrected chi connectivity index (χ0v) is 18.6. The minimum Gasteiger partial charge on any atom is -0.369 e. The monoisotopic (exact) mass is 420 g/mol. The molecule has 7 nitrogen and oxygen atoms in total. The maximum atomic E-state index is 11.1. The predicted molar refractivity (Wildman–Crippen MR) is 120 cm³/mol. The molecule has 162 valence electrons. The number of nitrogens with two attached hydrogens (primary N) is 1. The molecule has 0 aromatic carbocycles. The van der Waals surface area contributed by atoms with Gasteiger partial charge in [-0.1, -0.05) is 6.07 Å². The van der Waals surface area contributed by atoms with Crippen LogP contribution in [0.3, 0.4) is 0 Å². The van der Waals surface area contributed by atoms with E-state index in [0.29, 0.717) is 24.5 Å². The average Bonchev–Trinajstić information content (AvgIpc) is 3.21. The summed E-state index contributed by atoms with van der Waals surface area (Å²) in [4.78, 5) is 22.2. The van der Waals surface area contributed by atoms with Crippen LogP contribution in [0.4, 0.5) is 0 Å². The van der Waals surface area contributed by atoms with Crippen molar-refractivity contribution in [3.05, 3.63) is 22.4 Å². The van der Waals surface area contributed by atoms with Gasteiger partial charge in [-0.3, -0.25) is 19.6 Å². The van der Waals surface area contributed by atoms with Crippen molar-refractivity contribution < 1.29 is 4.79 Å². The summed E-state index contributed by atoms with van der Waals surface area (Å²) in [6.45, 7) is 7.11. The molecular formula is C21H36N6OS. The molecular weight excluding hydrogens is 384 g/mol. The van der Waals surface area contributed by atoms with Gasteiger partial charge in [0.05, 0.1) is 6.54 Å². The molecule has 0 saturated carbocycles. The van der Waals surface area contributed by atoms with Crippen molar-refractivity contribution >= 4 is 23.2 Å². The quantitative estimate of drug-likeness (QED) is 0.461. The van der Waals surface area contributed by atoms with Gasteiger partial charge in [-0.05, 0) is 63.6 Å². The van der Waals surface area contributed by atoms with Crippen molar-refractivity contribution in [3.63, 3.8) is 0 Å². The Bertz CT molecular complexity index is 656. The van der Waals surface area contributed by atoms with Crippen molar-refractivity contribution in [1.29, 1.82) is 0 Å². The third-order valence-electron chi connectivity index (χ3n) is 5.98. The first kappa shape index (κ1) is 22.1. The summed E-state index contributed by atoms with van der Waals surface area (Å²) in [5.41, 5.74) is 5.32. The molecule has 0 spiro atoms. The second kappa shape index (κ2) is 10.9. The second-order valence-electron chi connectivity index (χ2n) is 8.22. The minimum atomic E-state index is -0.246. The number of hydrogen-bond donors (Lipinski definition) is 3. The Balaban J connectivity index is 1.58. The van der Waals surface area contributed by atoms with E-state index in [4.69, 9.17) is 10.7 Å². The van der Waals surface area contributed by atoms with Crippen molar-refractivity contribution in [2.24, 2.45) is 16.6 Å². The summed E-state index contributed by atoms with van der Waals surface area (Å²) in [5.74, 6) is 1.21. The molecule has 2 unspecified atom stereocenters. The van der Waals surface area contributed by atoms with Gasteiger partial charge in [-0.2, -0.15) is 0 Å². The van der Waals surface area contributed by atoms with Crippen LogP contribution in [0, 0.1) is 5.92 Å². The van der Waals surface area contributed by atoms with E-state index in [9.17, 15) is 4.79 Å². The molecule has 2 aliphatic heterocycles. The van der Waals surface area contributed by atoms with Crippen LogP contribution in [0.25, 0.3) is 0 Å². The van der Waals surface area contributed by atoms with Gasteiger partial charge in [0.1, 0.15) is 0 Å². The molecule has 2 saturated heterocycles. The zero-order valence-electron chi connectivity index (χ0n) is 17.8. The van der Waals surface area contributed by atoms with Gasteiger partial charge in [-0.15, -0.1) is 11.3 Å². The largest absolute Gasteiger partial charge is 0.369 e. The van der Waals surface area contributed by atoms with E-state index in [-0.39, 0.29) is 5.91 Å². The first-order valence-corrected chi connectivity index (χ1v) is 11.7. The molecule has 3 rings (SSSR count). The second-order valence-corrected chi connectivity index (χ2v) is 9.20. The maximum Gasteiger partial charge on any atom is 0.231 e. The molecule has 2 aliphatic rings. The van der Waals surface area contributed by atoms with E-state index in [0.717, 1.165) is 51.5 Å². The van der Waals surface area contributed by atoms with Gasteiger partial charge >= 0.3 is 0 Å². The summed E-state index contributed by atoms with van der Waals surface area (Å²) < 4.78 is 0. The number of rotatable bonds is 7. The van der Waals surface area contributed by atoms with Crippen LogP contribution in [0.15, 0.2) is 22.5 Å². The maximum absolute atomic E-state index is 11.1. The number of nitrogens with zero attached hydrogens (tertiary/aromatic N) is 3. The highest BCUT2D eigenvalue weighted by Gasteiger charge is 2.31. The van der Waals surface area contributed by atoms with Crippen LogP contribution in [0.2, 0.25) is 0 Å². The zero-order chi connectivity index (χ0) is 20.6. The van der Waals surface area contributed by atoms with Crippen molar-refractivity contribution in [2.75, 3.05) is 46.3 Å². The highest BCUT2D eigenvalue weighted by atomic mass is 32.1. The molecule has 0 radical (unpaired) electrons. The fourth-order valence-electron chi connectivity index (χ4n) is 4.54. The predicted octanol–water partition coefficient (Wildman–Crippen LogP) is 1.64. The first-order valence-electron chi connectivity index (χ1n) is 10.9. The lowest BCUT2D eigenvalue weighted by molar-refractivity contribution is -0.119. The minimum absolute atomic E-state index is 0.246. The van der Waals surface area contributed by atoms with Gasteiger partial charge in [0.15, 0.2) is 5.96 Å². The molecule has 3 heterocycles. The Morgan fingerprint density at radius 2 is 2.10 bits per heavy atom. The Morgan fingerprint density at radius 1 is 1.31 bits per heavy atom. The molecule has 8 heteroatoms. The number of carbonyl (C=O) groups is 1. The Morgan fingerprint density at radius 3 is 2.76 bits per heavy atom. The molecule has 29 heavy (non-hydrogen) atoms. The summed E-state index contributed by atoms with van der Waals surface area (Å²) in [6, 6.07) is 5.27. The molecule has 1 aromatic heterocycles. The average molecular weight is 421 g/mol. The normalized spacial score (nSPS) is 25.1. The van der Waals surface area contributed by atoms with Crippen LogP contribution in [-0.4, -0.2) is 74.0 Å². The summed E-state index contributed by atoms with van der Waals surface area (Å²) in [6.07, 6.45) is 4.46. The lowest BCUT2D eigenvalue weighted by Crippen LogP contribution is -2.50. The number of aliphatic imine (C=N–C) groups is 1.